The van der Waals surface area contributed by atoms with Crippen LogP contribution < -0.4 is 15.5 Å². The van der Waals surface area contributed by atoms with E-state index < -0.39 is 12.0 Å². The van der Waals surface area contributed by atoms with Crippen molar-refractivity contribution in [1.82, 2.24) is 25.1 Å². The standard InChI is InChI=1S/C26H29N7O5/c1-16-11-17(3-6-27-16)25-31-21(15-38-25)24(34)30-20-12-18-14-28-33(9-10-37-2)22(18)13-23(20)32-7-4-19(5-8-32)29-26(35)36/h3,6,11-15,19,29H,4-5,7-10H2,1-2H3,(H,30,34)(H,35,36). The summed E-state index contributed by atoms with van der Waals surface area (Å²) in [6, 6.07) is 7.41. The summed E-state index contributed by atoms with van der Waals surface area (Å²) < 4.78 is 12.7. The Balaban J connectivity index is 1.43. The summed E-state index contributed by atoms with van der Waals surface area (Å²) in [5.74, 6) is -0.0654. The Hall–Kier alpha value is -4.45. The summed E-state index contributed by atoms with van der Waals surface area (Å²) in [5.41, 5.74) is 4.06. The van der Waals surface area contributed by atoms with Gasteiger partial charge in [0.2, 0.25) is 5.89 Å². The maximum Gasteiger partial charge on any atom is 0.404 e. The van der Waals surface area contributed by atoms with Crippen LogP contribution in [0, 0.1) is 6.92 Å². The number of ether oxygens (including phenoxy) is 1. The third-order valence-electron chi connectivity index (χ3n) is 6.56. The average molecular weight is 520 g/mol. The van der Waals surface area contributed by atoms with Gasteiger partial charge in [0.1, 0.15) is 6.26 Å². The van der Waals surface area contributed by atoms with Crippen LogP contribution in [0.1, 0.15) is 29.0 Å². The lowest BCUT2D eigenvalue weighted by Gasteiger charge is -2.34. The first kappa shape index (κ1) is 25.2. The summed E-state index contributed by atoms with van der Waals surface area (Å²) in [6.07, 6.45) is 5.04. The number of anilines is 2. The summed E-state index contributed by atoms with van der Waals surface area (Å²) in [7, 11) is 1.64. The van der Waals surface area contributed by atoms with E-state index in [1.54, 1.807) is 25.6 Å². The number of rotatable bonds is 8. The van der Waals surface area contributed by atoms with E-state index in [0.29, 0.717) is 50.7 Å². The van der Waals surface area contributed by atoms with Crippen molar-refractivity contribution in [2.45, 2.75) is 32.4 Å². The minimum Gasteiger partial charge on any atom is -0.465 e. The number of oxazole rings is 1. The molecule has 5 rings (SSSR count). The number of carbonyl (C=O) groups excluding carboxylic acids is 1. The molecule has 1 aromatic carbocycles. The summed E-state index contributed by atoms with van der Waals surface area (Å²) in [5, 5.41) is 20.0. The van der Waals surface area contributed by atoms with Gasteiger partial charge in [0.15, 0.2) is 5.69 Å². The highest BCUT2D eigenvalue weighted by Crippen LogP contribution is 2.34. The van der Waals surface area contributed by atoms with Gasteiger partial charge in [-0.05, 0) is 44.0 Å². The lowest BCUT2D eigenvalue weighted by Crippen LogP contribution is -2.44. The average Bonchev–Trinajstić information content (AvgIpc) is 3.55. The van der Waals surface area contributed by atoms with Crippen molar-refractivity contribution in [3.63, 3.8) is 0 Å². The number of amides is 2. The minimum absolute atomic E-state index is 0.108. The van der Waals surface area contributed by atoms with Gasteiger partial charge >= 0.3 is 6.09 Å². The molecule has 0 atom stereocenters. The Morgan fingerprint density at radius 1 is 1.24 bits per heavy atom. The van der Waals surface area contributed by atoms with Crippen molar-refractivity contribution in [2.75, 3.05) is 37.0 Å². The molecule has 4 heterocycles. The number of nitrogens with zero attached hydrogens (tertiary/aromatic N) is 5. The molecule has 3 N–H and O–H groups in total. The van der Waals surface area contributed by atoms with Crippen molar-refractivity contribution in [3.05, 3.63) is 54.3 Å². The normalized spacial score (nSPS) is 14.1. The monoisotopic (exact) mass is 519 g/mol. The second kappa shape index (κ2) is 10.9. The van der Waals surface area contributed by atoms with Gasteiger partial charge in [0.25, 0.3) is 5.91 Å². The van der Waals surface area contributed by atoms with Crippen LogP contribution in [0.3, 0.4) is 0 Å². The zero-order valence-corrected chi connectivity index (χ0v) is 21.2. The molecular formula is C26H29N7O5. The Morgan fingerprint density at radius 2 is 2.05 bits per heavy atom. The number of fused-ring (bicyclic) bond motifs is 1. The van der Waals surface area contributed by atoms with E-state index in [4.69, 9.17) is 14.3 Å². The molecule has 1 saturated heterocycles. The van der Waals surface area contributed by atoms with Crippen molar-refractivity contribution in [3.8, 4) is 11.5 Å². The van der Waals surface area contributed by atoms with Gasteiger partial charge < -0.3 is 29.8 Å². The van der Waals surface area contributed by atoms with Crippen LogP contribution in [0.4, 0.5) is 16.2 Å². The SMILES string of the molecule is COCCn1ncc2cc(NC(=O)c3coc(-c4ccnc(C)c4)n3)c(N3CCC(NC(=O)O)CC3)cc21. The number of benzene rings is 1. The third-order valence-corrected chi connectivity index (χ3v) is 6.56. The summed E-state index contributed by atoms with van der Waals surface area (Å²) in [4.78, 5) is 35.0. The fourth-order valence-corrected chi connectivity index (χ4v) is 4.65. The molecular weight excluding hydrogens is 490 g/mol. The Labute approximate surface area is 218 Å². The minimum atomic E-state index is -1.02. The number of carboxylic acid groups (broad SMARTS) is 1. The summed E-state index contributed by atoms with van der Waals surface area (Å²) >= 11 is 0. The molecule has 4 aromatic rings. The van der Waals surface area contributed by atoms with Crippen LogP contribution in [-0.4, -0.2) is 69.7 Å². The van der Waals surface area contributed by atoms with Gasteiger partial charge in [-0.3, -0.25) is 14.5 Å². The van der Waals surface area contributed by atoms with Crippen molar-refractivity contribution >= 4 is 34.3 Å². The molecule has 0 bridgehead atoms. The Kier molecular flexibility index (Phi) is 7.22. The molecule has 12 heteroatoms. The fourth-order valence-electron chi connectivity index (χ4n) is 4.65. The quantitative estimate of drug-likeness (QED) is 0.318. The van der Waals surface area contributed by atoms with E-state index in [0.717, 1.165) is 27.8 Å². The highest BCUT2D eigenvalue weighted by atomic mass is 16.5. The van der Waals surface area contributed by atoms with E-state index in [1.807, 2.05) is 29.8 Å². The van der Waals surface area contributed by atoms with Gasteiger partial charge in [-0.2, -0.15) is 5.10 Å². The second-order valence-electron chi connectivity index (χ2n) is 9.18. The molecule has 198 valence electrons. The van der Waals surface area contributed by atoms with E-state index in [9.17, 15) is 9.59 Å². The molecule has 0 saturated carbocycles. The van der Waals surface area contributed by atoms with Gasteiger partial charge in [0, 0.05) is 49.1 Å². The van der Waals surface area contributed by atoms with Gasteiger partial charge in [-0.25, -0.2) is 9.78 Å². The topological polar surface area (TPSA) is 148 Å². The van der Waals surface area contributed by atoms with Gasteiger partial charge in [-0.1, -0.05) is 0 Å². The Bertz CT molecular complexity index is 1460. The number of pyridine rings is 1. The van der Waals surface area contributed by atoms with Crippen molar-refractivity contribution in [2.24, 2.45) is 0 Å². The molecule has 1 aliphatic heterocycles. The first-order valence-electron chi connectivity index (χ1n) is 12.3. The molecule has 3 aromatic heterocycles. The zero-order chi connectivity index (χ0) is 26.6. The van der Waals surface area contributed by atoms with Gasteiger partial charge in [-0.15, -0.1) is 0 Å². The number of piperidine rings is 1. The second-order valence-corrected chi connectivity index (χ2v) is 9.18. The lowest BCUT2D eigenvalue weighted by molar-refractivity contribution is 0.102. The smallest absolute Gasteiger partial charge is 0.404 e. The van der Waals surface area contributed by atoms with Crippen LogP contribution in [0.25, 0.3) is 22.4 Å². The largest absolute Gasteiger partial charge is 0.465 e. The molecule has 2 amide bonds. The fraction of sp³-hybridized carbons (Fsp3) is 0.346. The predicted molar refractivity (Wildman–Crippen MR) is 140 cm³/mol. The molecule has 1 fully saturated rings. The van der Waals surface area contributed by atoms with Crippen LogP contribution >= 0.6 is 0 Å². The Morgan fingerprint density at radius 3 is 2.79 bits per heavy atom. The third kappa shape index (κ3) is 5.44. The number of aromatic nitrogens is 4. The maximum absolute atomic E-state index is 13.2. The number of hydrogen-bond acceptors (Lipinski definition) is 8. The molecule has 0 aliphatic carbocycles. The van der Waals surface area contributed by atoms with E-state index in [1.165, 1.54) is 6.26 Å². The maximum atomic E-state index is 13.2. The predicted octanol–water partition coefficient (Wildman–Crippen LogP) is 3.53. The molecule has 12 nitrogen and oxygen atoms in total. The van der Waals surface area contributed by atoms with E-state index in [-0.39, 0.29) is 11.7 Å². The number of aryl methyl sites for hydroxylation is 1. The molecule has 38 heavy (non-hydrogen) atoms. The highest BCUT2D eigenvalue weighted by Gasteiger charge is 2.24. The van der Waals surface area contributed by atoms with Crippen LogP contribution in [0.15, 0.2) is 47.3 Å². The van der Waals surface area contributed by atoms with E-state index >= 15 is 0 Å². The molecule has 0 spiro atoms. The first-order valence-corrected chi connectivity index (χ1v) is 12.3. The number of methoxy groups -OCH3 is 1. The van der Waals surface area contributed by atoms with Crippen LogP contribution in [-0.2, 0) is 11.3 Å². The van der Waals surface area contributed by atoms with Crippen LogP contribution in [0.5, 0.6) is 0 Å². The number of hydrogen-bond donors (Lipinski definition) is 3. The molecule has 1 aliphatic rings. The van der Waals surface area contributed by atoms with Crippen molar-refractivity contribution in [1.29, 1.82) is 0 Å². The summed E-state index contributed by atoms with van der Waals surface area (Å²) in [6.45, 7) is 4.23. The number of nitrogens with one attached hydrogen (secondary N) is 2. The molecule has 0 radical (unpaired) electrons. The number of carbonyl (C=O) groups is 2. The first-order chi connectivity index (χ1) is 18.4. The van der Waals surface area contributed by atoms with Crippen LogP contribution in [0.2, 0.25) is 0 Å². The van der Waals surface area contributed by atoms with Crippen molar-refractivity contribution < 1.29 is 23.8 Å². The molecule has 0 unspecified atom stereocenters. The van der Waals surface area contributed by atoms with Gasteiger partial charge in [0.05, 0.1) is 36.2 Å². The highest BCUT2D eigenvalue weighted by molar-refractivity contribution is 6.06. The zero-order valence-electron chi connectivity index (χ0n) is 21.2. The van der Waals surface area contributed by atoms with E-state index in [2.05, 4.69) is 30.6 Å². The lowest BCUT2D eigenvalue weighted by atomic mass is 10.0.